The molecule has 0 aliphatic carbocycles. The van der Waals surface area contributed by atoms with Crippen molar-refractivity contribution in [3.63, 3.8) is 0 Å². The van der Waals surface area contributed by atoms with Crippen LogP contribution < -0.4 is 5.32 Å². The molecule has 5 heteroatoms. The van der Waals surface area contributed by atoms with E-state index in [0.717, 1.165) is 5.56 Å². The highest BCUT2D eigenvalue weighted by atomic mass is 19.1. The molecule has 0 fully saturated rings. The van der Waals surface area contributed by atoms with Gasteiger partial charge >= 0.3 is 5.97 Å². The first-order valence-corrected chi connectivity index (χ1v) is 5.73. The molecule has 2 N–H and O–H groups in total. The van der Waals surface area contributed by atoms with E-state index in [2.05, 4.69) is 5.32 Å². The molecule has 1 amide bonds. The van der Waals surface area contributed by atoms with Gasteiger partial charge in [-0.2, -0.15) is 0 Å². The number of rotatable bonds is 6. The Morgan fingerprint density at radius 1 is 1.33 bits per heavy atom. The molecule has 0 aromatic heterocycles. The summed E-state index contributed by atoms with van der Waals surface area (Å²) in [5.41, 5.74) is 0.873. The Labute approximate surface area is 105 Å². The van der Waals surface area contributed by atoms with Gasteiger partial charge in [0.1, 0.15) is 5.82 Å². The number of hydrogen-bond donors (Lipinski definition) is 2. The van der Waals surface area contributed by atoms with Gasteiger partial charge in [0.15, 0.2) is 0 Å². The van der Waals surface area contributed by atoms with E-state index in [1.54, 1.807) is 12.1 Å². The molecule has 1 aromatic carbocycles. The lowest BCUT2D eigenvalue weighted by atomic mass is 10.1. The molecule has 0 spiro atoms. The van der Waals surface area contributed by atoms with Gasteiger partial charge in [0.05, 0.1) is 5.92 Å². The highest BCUT2D eigenvalue weighted by molar-refractivity contribution is 5.77. The number of carbonyl (C=O) groups excluding carboxylic acids is 1. The normalized spacial score (nSPS) is 11.9. The third kappa shape index (κ3) is 4.95. The molecule has 0 saturated carbocycles. The number of aliphatic carboxylic acids is 1. The van der Waals surface area contributed by atoms with E-state index in [9.17, 15) is 14.0 Å². The van der Waals surface area contributed by atoms with Crippen molar-refractivity contribution in [1.82, 2.24) is 5.32 Å². The molecule has 1 unspecified atom stereocenters. The van der Waals surface area contributed by atoms with Crippen molar-refractivity contribution < 1.29 is 19.1 Å². The lowest BCUT2D eigenvalue weighted by Crippen LogP contribution is -2.31. The van der Waals surface area contributed by atoms with Crippen LogP contribution in [0.4, 0.5) is 4.39 Å². The summed E-state index contributed by atoms with van der Waals surface area (Å²) in [4.78, 5) is 22.0. The van der Waals surface area contributed by atoms with E-state index in [-0.39, 0.29) is 24.7 Å². The zero-order valence-electron chi connectivity index (χ0n) is 10.1. The fourth-order valence-electron chi connectivity index (χ4n) is 1.35. The van der Waals surface area contributed by atoms with E-state index in [0.29, 0.717) is 6.42 Å². The van der Waals surface area contributed by atoms with Crippen molar-refractivity contribution in [3.05, 3.63) is 35.6 Å². The fourth-order valence-corrected chi connectivity index (χ4v) is 1.35. The summed E-state index contributed by atoms with van der Waals surface area (Å²) in [6, 6.07) is 5.95. The minimum absolute atomic E-state index is 0.123. The van der Waals surface area contributed by atoms with Crippen LogP contribution in [0, 0.1) is 11.7 Å². The Hall–Kier alpha value is -1.91. The maximum atomic E-state index is 12.6. The van der Waals surface area contributed by atoms with Crippen LogP contribution in [0.15, 0.2) is 24.3 Å². The smallest absolute Gasteiger partial charge is 0.308 e. The minimum Gasteiger partial charge on any atom is -0.481 e. The number of hydrogen-bond acceptors (Lipinski definition) is 2. The summed E-state index contributed by atoms with van der Waals surface area (Å²) >= 11 is 0. The minimum atomic E-state index is -0.936. The van der Waals surface area contributed by atoms with Gasteiger partial charge < -0.3 is 10.4 Å². The van der Waals surface area contributed by atoms with Crippen LogP contribution in [0.3, 0.4) is 0 Å². The lowest BCUT2D eigenvalue weighted by molar-refractivity contribution is -0.141. The van der Waals surface area contributed by atoms with Gasteiger partial charge in [0, 0.05) is 13.0 Å². The Morgan fingerprint density at radius 3 is 2.50 bits per heavy atom. The Balaban J connectivity index is 2.29. The predicted octanol–water partition coefficient (Wildman–Crippen LogP) is 1.60. The highest BCUT2D eigenvalue weighted by Gasteiger charge is 2.11. The van der Waals surface area contributed by atoms with E-state index < -0.39 is 11.9 Å². The second-order valence-corrected chi connectivity index (χ2v) is 4.17. The molecule has 1 rings (SSSR count). The van der Waals surface area contributed by atoms with Crippen molar-refractivity contribution >= 4 is 11.9 Å². The Kier molecular flexibility index (Phi) is 5.30. The number of halogens is 1. The van der Waals surface area contributed by atoms with Crippen LogP contribution >= 0.6 is 0 Å². The van der Waals surface area contributed by atoms with Gasteiger partial charge in [0.25, 0.3) is 0 Å². The zero-order chi connectivity index (χ0) is 13.5. The molecule has 4 nitrogen and oxygen atoms in total. The molecule has 1 atom stereocenters. The molecule has 98 valence electrons. The average molecular weight is 253 g/mol. The standard InChI is InChI=1S/C13H16FNO3/c1-9(13(17)18)8-15-12(16)7-4-10-2-5-11(14)6-3-10/h2-3,5-6,9H,4,7-8H2,1H3,(H,15,16)(H,17,18). The highest BCUT2D eigenvalue weighted by Crippen LogP contribution is 2.05. The van der Waals surface area contributed by atoms with E-state index in [1.807, 2.05) is 0 Å². The first kappa shape index (κ1) is 14.2. The van der Waals surface area contributed by atoms with Gasteiger partial charge in [-0.3, -0.25) is 9.59 Å². The molecule has 0 bridgehead atoms. The number of nitrogens with one attached hydrogen (secondary N) is 1. The summed E-state index contributed by atoms with van der Waals surface area (Å²) in [5.74, 6) is -2.04. The van der Waals surface area contributed by atoms with E-state index in [1.165, 1.54) is 19.1 Å². The average Bonchev–Trinajstić information content (AvgIpc) is 2.35. The van der Waals surface area contributed by atoms with Crippen LogP contribution in [0.5, 0.6) is 0 Å². The zero-order valence-corrected chi connectivity index (χ0v) is 10.1. The van der Waals surface area contributed by atoms with E-state index >= 15 is 0 Å². The number of carboxylic acid groups (broad SMARTS) is 1. The van der Waals surface area contributed by atoms with Crippen LogP contribution in [0.25, 0.3) is 0 Å². The quantitative estimate of drug-likeness (QED) is 0.809. The molecule has 0 aliphatic rings. The first-order chi connectivity index (χ1) is 8.49. The maximum Gasteiger partial charge on any atom is 0.308 e. The van der Waals surface area contributed by atoms with Crippen molar-refractivity contribution in [1.29, 1.82) is 0 Å². The van der Waals surface area contributed by atoms with Gasteiger partial charge in [-0.25, -0.2) is 4.39 Å². The largest absolute Gasteiger partial charge is 0.481 e. The molecule has 1 aromatic rings. The van der Waals surface area contributed by atoms with Crippen molar-refractivity contribution in [3.8, 4) is 0 Å². The molecular weight excluding hydrogens is 237 g/mol. The summed E-state index contributed by atoms with van der Waals surface area (Å²) in [7, 11) is 0. The van der Waals surface area contributed by atoms with Gasteiger partial charge in [-0.05, 0) is 24.1 Å². The number of benzene rings is 1. The number of aryl methyl sites for hydroxylation is 1. The SMILES string of the molecule is CC(CNC(=O)CCc1ccc(F)cc1)C(=O)O. The molecule has 0 heterocycles. The van der Waals surface area contributed by atoms with Crippen molar-refractivity contribution in [2.45, 2.75) is 19.8 Å². The van der Waals surface area contributed by atoms with Crippen molar-refractivity contribution in [2.75, 3.05) is 6.54 Å². The monoisotopic (exact) mass is 253 g/mol. The van der Waals surface area contributed by atoms with E-state index in [4.69, 9.17) is 5.11 Å². The summed E-state index contributed by atoms with van der Waals surface area (Å²) in [6.07, 6.45) is 0.769. The number of amides is 1. The van der Waals surface area contributed by atoms with Crippen LogP contribution in [-0.2, 0) is 16.0 Å². The Bertz CT molecular complexity index is 417. The second kappa shape index (κ2) is 6.74. The summed E-state index contributed by atoms with van der Waals surface area (Å²) in [5, 5.41) is 11.2. The first-order valence-electron chi connectivity index (χ1n) is 5.73. The lowest BCUT2D eigenvalue weighted by Gasteiger charge is -2.08. The molecule has 18 heavy (non-hydrogen) atoms. The topological polar surface area (TPSA) is 66.4 Å². The number of carbonyl (C=O) groups is 2. The second-order valence-electron chi connectivity index (χ2n) is 4.17. The molecule has 0 aliphatic heterocycles. The van der Waals surface area contributed by atoms with Gasteiger partial charge in [-0.1, -0.05) is 19.1 Å². The van der Waals surface area contributed by atoms with Gasteiger partial charge in [-0.15, -0.1) is 0 Å². The fraction of sp³-hybridized carbons (Fsp3) is 0.385. The van der Waals surface area contributed by atoms with Crippen LogP contribution in [-0.4, -0.2) is 23.5 Å². The summed E-state index contributed by atoms with van der Waals surface area (Å²) in [6.45, 7) is 1.65. The summed E-state index contributed by atoms with van der Waals surface area (Å²) < 4.78 is 12.6. The number of carboxylic acids is 1. The molecular formula is C13H16FNO3. The van der Waals surface area contributed by atoms with Crippen molar-refractivity contribution in [2.24, 2.45) is 5.92 Å². The maximum absolute atomic E-state index is 12.6. The Morgan fingerprint density at radius 2 is 1.94 bits per heavy atom. The van der Waals surface area contributed by atoms with Crippen LogP contribution in [0.1, 0.15) is 18.9 Å². The third-order valence-electron chi connectivity index (χ3n) is 2.58. The molecule has 0 radical (unpaired) electrons. The van der Waals surface area contributed by atoms with Gasteiger partial charge in [0.2, 0.25) is 5.91 Å². The molecule has 0 saturated heterocycles. The predicted molar refractivity (Wildman–Crippen MR) is 64.5 cm³/mol. The van der Waals surface area contributed by atoms with Crippen LogP contribution in [0.2, 0.25) is 0 Å². The third-order valence-corrected chi connectivity index (χ3v) is 2.58.